The number of fused-ring (bicyclic) bond motifs is 2. The summed E-state index contributed by atoms with van der Waals surface area (Å²) in [5, 5.41) is 5.88. The molecule has 1 atom stereocenters. The predicted molar refractivity (Wildman–Crippen MR) is 126 cm³/mol. The lowest BCUT2D eigenvalue weighted by Crippen LogP contribution is -2.35. The third-order valence-corrected chi connectivity index (χ3v) is 6.15. The maximum absolute atomic E-state index is 13.0. The Kier molecular flexibility index (Phi) is 6.83. The van der Waals surface area contributed by atoms with Crippen LogP contribution in [0.3, 0.4) is 0 Å². The first-order valence-electron chi connectivity index (χ1n) is 10.6. The SMILES string of the molecule is CC[C@H](C)n1c(SCC(=O)NC(=O)Nc2ccc3c(c2)OCCO3)nc2ccccc2c1=O. The second-order valence-electron chi connectivity index (χ2n) is 7.49. The Morgan fingerprint density at radius 1 is 1.15 bits per heavy atom. The van der Waals surface area contributed by atoms with Crippen LogP contribution < -0.4 is 25.7 Å². The lowest BCUT2D eigenvalue weighted by Gasteiger charge is -2.19. The van der Waals surface area contributed by atoms with Gasteiger partial charge in [0.15, 0.2) is 16.7 Å². The van der Waals surface area contributed by atoms with Crippen LogP contribution in [-0.2, 0) is 4.79 Å². The number of amides is 3. The highest BCUT2D eigenvalue weighted by Gasteiger charge is 2.18. The summed E-state index contributed by atoms with van der Waals surface area (Å²) in [5.74, 6) is 0.560. The first-order chi connectivity index (χ1) is 16.0. The Labute approximate surface area is 194 Å². The standard InChI is InChI=1S/C23H24N4O5S/c1-3-14(2)27-21(29)16-6-4-5-7-17(16)25-23(27)33-13-20(28)26-22(30)24-15-8-9-18-19(12-15)32-11-10-31-18/h4-9,12,14H,3,10-11,13H2,1-2H3,(H2,24,26,28,30)/t14-/m0/s1. The van der Waals surface area contributed by atoms with Gasteiger partial charge in [0.2, 0.25) is 5.91 Å². The number of anilines is 1. The van der Waals surface area contributed by atoms with E-state index in [1.807, 2.05) is 19.9 Å². The number of hydrogen-bond acceptors (Lipinski definition) is 7. The second kappa shape index (κ2) is 9.95. The molecule has 1 aromatic heterocycles. The Morgan fingerprint density at radius 3 is 2.70 bits per heavy atom. The Bertz CT molecular complexity index is 1260. The molecule has 0 spiro atoms. The number of hydrogen-bond donors (Lipinski definition) is 2. The van der Waals surface area contributed by atoms with Gasteiger partial charge in [0, 0.05) is 17.8 Å². The molecule has 0 bridgehead atoms. The zero-order valence-corrected chi connectivity index (χ0v) is 19.1. The topological polar surface area (TPSA) is 112 Å². The number of urea groups is 1. The molecule has 0 saturated carbocycles. The van der Waals surface area contributed by atoms with Crippen LogP contribution >= 0.6 is 11.8 Å². The maximum atomic E-state index is 13.0. The molecule has 2 heterocycles. The van der Waals surface area contributed by atoms with E-state index in [-0.39, 0.29) is 17.4 Å². The van der Waals surface area contributed by atoms with Gasteiger partial charge in [0.1, 0.15) is 13.2 Å². The summed E-state index contributed by atoms with van der Waals surface area (Å²) in [6, 6.07) is 11.4. The van der Waals surface area contributed by atoms with Crippen molar-refractivity contribution in [2.45, 2.75) is 31.5 Å². The van der Waals surface area contributed by atoms with Crippen LogP contribution in [0.15, 0.2) is 52.4 Å². The number of carbonyl (C=O) groups excluding carboxylic acids is 2. The largest absolute Gasteiger partial charge is 0.486 e. The Balaban J connectivity index is 1.42. The summed E-state index contributed by atoms with van der Waals surface area (Å²) in [6.07, 6.45) is 0.734. The van der Waals surface area contributed by atoms with Crippen molar-refractivity contribution >= 4 is 40.3 Å². The number of thioether (sulfide) groups is 1. The molecule has 3 aromatic rings. The molecule has 2 aromatic carbocycles. The van der Waals surface area contributed by atoms with E-state index in [9.17, 15) is 14.4 Å². The molecule has 0 radical (unpaired) electrons. The fourth-order valence-corrected chi connectivity index (χ4v) is 4.27. The second-order valence-corrected chi connectivity index (χ2v) is 8.44. The van der Waals surface area contributed by atoms with E-state index in [1.165, 1.54) is 0 Å². The predicted octanol–water partition coefficient (Wildman–Crippen LogP) is 3.58. The molecule has 172 valence electrons. The van der Waals surface area contributed by atoms with Crippen LogP contribution in [0.4, 0.5) is 10.5 Å². The van der Waals surface area contributed by atoms with Gasteiger partial charge in [-0.25, -0.2) is 9.78 Å². The molecule has 10 heteroatoms. The number of carbonyl (C=O) groups is 2. The number of imide groups is 1. The van der Waals surface area contributed by atoms with Gasteiger partial charge in [-0.1, -0.05) is 30.8 Å². The average Bonchev–Trinajstić information content (AvgIpc) is 2.82. The van der Waals surface area contributed by atoms with Gasteiger partial charge in [-0.2, -0.15) is 0 Å². The number of para-hydroxylation sites is 1. The highest BCUT2D eigenvalue weighted by atomic mass is 32.2. The molecule has 3 amide bonds. The minimum absolute atomic E-state index is 0.0736. The van der Waals surface area contributed by atoms with Gasteiger partial charge in [0.05, 0.1) is 16.7 Å². The number of ether oxygens (including phenoxy) is 2. The summed E-state index contributed by atoms with van der Waals surface area (Å²) >= 11 is 1.12. The number of aromatic nitrogens is 2. The normalized spacial score (nSPS) is 13.4. The monoisotopic (exact) mass is 468 g/mol. The molecule has 0 aliphatic carbocycles. The number of benzene rings is 2. The molecule has 4 rings (SSSR count). The molecule has 0 unspecified atom stereocenters. The summed E-state index contributed by atoms with van der Waals surface area (Å²) < 4.78 is 12.6. The number of nitrogens with zero attached hydrogens (tertiary/aromatic N) is 2. The summed E-state index contributed by atoms with van der Waals surface area (Å²) in [7, 11) is 0. The molecule has 1 aliphatic rings. The van der Waals surface area contributed by atoms with Crippen molar-refractivity contribution in [2.75, 3.05) is 24.3 Å². The minimum Gasteiger partial charge on any atom is -0.486 e. The van der Waals surface area contributed by atoms with Crippen LogP contribution in [0, 0.1) is 0 Å². The first-order valence-corrected chi connectivity index (χ1v) is 11.6. The van der Waals surface area contributed by atoms with Gasteiger partial charge in [-0.15, -0.1) is 0 Å². The summed E-state index contributed by atoms with van der Waals surface area (Å²) in [6.45, 7) is 4.82. The summed E-state index contributed by atoms with van der Waals surface area (Å²) in [5.41, 5.74) is 0.898. The van der Waals surface area contributed by atoms with Crippen molar-refractivity contribution in [3.05, 3.63) is 52.8 Å². The molecule has 1 aliphatic heterocycles. The smallest absolute Gasteiger partial charge is 0.325 e. The van der Waals surface area contributed by atoms with E-state index in [2.05, 4.69) is 15.6 Å². The molecular formula is C23H24N4O5S. The molecule has 33 heavy (non-hydrogen) atoms. The zero-order valence-electron chi connectivity index (χ0n) is 18.3. The van der Waals surface area contributed by atoms with E-state index >= 15 is 0 Å². The van der Waals surface area contributed by atoms with Gasteiger partial charge in [0.25, 0.3) is 5.56 Å². The lowest BCUT2D eigenvalue weighted by atomic mass is 10.2. The molecular weight excluding hydrogens is 444 g/mol. The van der Waals surface area contributed by atoms with Gasteiger partial charge < -0.3 is 14.8 Å². The summed E-state index contributed by atoms with van der Waals surface area (Å²) in [4.78, 5) is 42.2. The maximum Gasteiger partial charge on any atom is 0.325 e. The molecule has 2 N–H and O–H groups in total. The van der Waals surface area contributed by atoms with Crippen molar-refractivity contribution in [3.8, 4) is 11.5 Å². The molecule has 9 nitrogen and oxygen atoms in total. The Morgan fingerprint density at radius 2 is 1.91 bits per heavy atom. The zero-order chi connectivity index (χ0) is 23.4. The van der Waals surface area contributed by atoms with Crippen LogP contribution in [-0.4, -0.2) is 40.5 Å². The third kappa shape index (κ3) is 5.11. The Hall–Kier alpha value is -3.53. The van der Waals surface area contributed by atoms with Crippen LogP contribution in [0.25, 0.3) is 10.9 Å². The quantitative estimate of drug-likeness (QED) is 0.420. The van der Waals surface area contributed by atoms with Gasteiger partial charge >= 0.3 is 6.03 Å². The highest BCUT2D eigenvalue weighted by Crippen LogP contribution is 2.32. The van der Waals surface area contributed by atoms with Crippen molar-refractivity contribution < 1.29 is 19.1 Å². The van der Waals surface area contributed by atoms with Crippen molar-refractivity contribution in [1.82, 2.24) is 14.9 Å². The number of nitrogens with one attached hydrogen (secondary N) is 2. The van der Waals surface area contributed by atoms with E-state index in [1.54, 1.807) is 41.0 Å². The van der Waals surface area contributed by atoms with Crippen molar-refractivity contribution in [2.24, 2.45) is 0 Å². The van der Waals surface area contributed by atoms with Gasteiger partial charge in [-0.05, 0) is 37.6 Å². The molecule has 0 fully saturated rings. The van der Waals surface area contributed by atoms with E-state index in [0.717, 1.165) is 18.2 Å². The highest BCUT2D eigenvalue weighted by molar-refractivity contribution is 7.99. The average molecular weight is 469 g/mol. The van der Waals surface area contributed by atoms with Gasteiger partial charge in [-0.3, -0.25) is 19.5 Å². The first kappa shape index (κ1) is 22.7. The fraction of sp³-hybridized carbons (Fsp3) is 0.304. The van der Waals surface area contributed by atoms with Crippen LogP contribution in [0.2, 0.25) is 0 Å². The number of rotatable bonds is 6. The third-order valence-electron chi connectivity index (χ3n) is 5.19. The van der Waals surface area contributed by atoms with Crippen molar-refractivity contribution in [1.29, 1.82) is 0 Å². The van der Waals surface area contributed by atoms with E-state index < -0.39 is 11.9 Å². The van der Waals surface area contributed by atoms with Crippen LogP contribution in [0.5, 0.6) is 11.5 Å². The fourth-order valence-electron chi connectivity index (χ4n) is 3.37. The molecule has 0 saturated heterocycles. The van der Waals surface area contributed by atoms with E-state index in [4.69, 9.17) is 9.47 Å². The van der Waals surface area contributed by atoms with E-state index in [0.29, 0.717) is 46.5 Å². The van der Waals surface area contributed by atoms with Crippen molar-refractivity contribution in [3.63, 3.8) is 0 Å². The van der Waals surface area contributed by atoms with Crippen LogP contribution in [0.1, 0.15) is 26.3 Å². The minimum atomic E-state index is -0.664. The lowest BCUT2D eigenvalue weighted by molar-refractivity contribution is -0.117.